The van der Waals surface area contributed by atoms with Crippen molar-refractivity contribution in [1.82, 2.24) is 5.32 Å². The Morgan fingerprint density at radius 3 is 2.73 bits per heavy atom. The number of ether oxygens (including phenoxy) is 1. The van der Waals surface area contributed by atoms with Crippen LogP contribution in [-0.4, -0.2) is 29.8 Å². The van der Waals surface area contributed by atoms with Gasteiger partial charge in [0.1, 0.15) is 6.04 Å². The molecule has 0 bridgehead atoms. The number of nitrogens with one attached hydrogen (secondary N) is 1. The molecule has 5 heteroatoms. The van der Waals surface area contributed by atoms with Gasteiger partial charge in [-0.1, -0.05) is 13.0 Å². The summed E-state index contributed by atoms with van der Waals surface area (Å²) in [4.78, 5) is 21.6. The lowest BCUT2D eigenvalue weighted by Gasteiger charge is -2.11. The Labute approximate surface area is 89.1 Å². The number of carbonyl (C=O) groups excluding carboxylic acids is 1. The van der Waals surface area contributed by atoms with E-state index in [0.29, 0.717) is 12.8 Å². The van der Waals surface area contributed by atoms with Crippen LogP contribution in [0.5, 0.6) is 0 Å². The molecule has 0 saturated heterocycles. The van der Waals surface area contributed by atoms with Crippen molar-refractivity contribution in [2.75, 3.05) is 6.61 Å². The minimum absolute atomic E-state index is 0.272. The lowest BCUT2D eigenvalue weighted by atomic mass is 10.2. The molecule has 1 atom stereocenters. The SMILES string of the molecule is C=CCCCOC(=O)NC(CC)C(=O)O. The zero-order valence-corrected chi connectivity index (χ0v) is 8.86. The molecule has 0 aliphatic carbocycles. The van der Waals surface area contributed by atoms with Crippen LogP contribution in [0.15, 0.2) is 12.7 Å². The Morgan fingerprint density at radius 1 is 1.60 bits per heavy atom. The van der Waals surface area contributed by atoms with Crippen LogP contribution in [0.4, 0.5) is 4.79 Å². The molecule has 0 saturated carbocycles. The van der Waals surface area contributed by atoms with E-state index < -0.39 is 18.1 Å². The van der Waals surface area contributed by atoms with Crippen molar-refractivity contribution >= 4 is 12.1 Å². The molecular formula is C10H17NO4. The Hall–Kier alpha value is -1.52. The van der Waals surface area contributed by atoms with Crippen LogP contribution in [0.2, 0.25) is 0 Å². The van der Waals surface area contributed by atoms with Crippen LogP contribution in [0.3, 0.4) is 0 Å². The summed E-state index contributed by atoms with van der Waals surface area (Å²) < 4.78 is 4.77. The van der Waals surface area contributed by atoms with Crippen molar-refractivity contribution in [2.24, 2.45) is 0 Å². The summed E-state index contributed by atoms with van der Waals surface area (Å²) >= 11 is 0. The molecule has 86 valence electrons. The van der Waals surface area contributed by atoms with Gasteiger partial charge >= 0.3 is 12.1 Å². The van der Waals surface area contributed by atoms with Crippen molar-refractivity contribution in [1.29, 1.82) is 0 Å². The van der Waals surface area contributed by atoms with E-state index in [1.165, 1.54) is 0 Å². The van der Waals surface area contributed by atoms with E-state index >= 15 is 0 Å². The van der Waals surface area contributed by atoms with Gasteiger partial charge in [0, 0.05) is 0 Å². The van der Waals surface area contributed by atoms with Gasteiger partial charge < -0.3 is 15.2 Å². The van der Waals surface area contributed by atoms with Gasteiger partial charge in [-0.15, -0.1) is 6.58 Å². The second-order valence-electron chi connectivity index (χ2n) is 3.01. The van der Waals surface area contributed by atoms with E-state index in [1.807, 2.05) is 0 Å². The monoisotopic (exact) mass is 215 g/mol. The van der Waals surface area contributed by atoms with Crippen LogP contribution in [-0.2, 0) is 9.53 Å². The Bertz CT molecular complexity index is 227. The summed E-state index contributed by atoms with van der Waals surface area (Å²) in [6, 6.07) is -0.878. The van der Waals surface area contributed by atoms with Crippen molar-refractivity contribution < 1.29 is 19.4 Å². The maximum atomic E-state index is 11.1. The second-order valence-corrected chi connectivity index (χ2v) is 3.01. The number of allylic oxidation sites excluding steroid dienone is 1. The summed E-state index contributed by atoms with van der Waals surface area (Å²) in [7, 11) is 0. The number of carbonyl (C=O) groups is 2. The zero-order valence-electron chi connectivity index (χ0n) is 8.86. The molecule has 0 aromatic carbocycles. The highest BCUT2D eigenvalue weighted by Crippen LogP contribution is 1.94. The summed E-state index contributed by atoms with van der Waals surface area (Å²) in [5, 5.41) is 10.9. The van der Waals surface area contributed by atoms with E-state index in [9.17, 15) is 9.59 Å². The molecule has 0 rings (SSSR count). The third-order valence-electron chi connectivity index (χ3n) is 1.78. The molecule has 0 fully saturated rings. The lowest BCUT2D eigenvalue weighted by molar-refractivity contribution is -0.139. The van der Waals surface area contributed by atoms with E-state index in [-0.39, 0.29) is 6.61 Å². The average Bonchev–Trinajstić information content (AvgIpc) is 2.20. The standard InChI is InChI=1S/C10H17NO4/c1-3-5-6-7-15-10(14)11-8(4-2)9(12)13/h3,8H,1,4-7H2,2H3,(H,11,14)(H,12,13). The average molecular weight is 215 g/mol. The summed E-state index contributed by atoms with van der Waals surface area (Å²) in [6.45, 7) is 5.48. The number of hydrogen-bond donors (Lipinski definition) is 2. The van der Waals surface area contributed by atoms with Crippen LogP contribution in [0, 0.1) is 0 Å². The summed E-state index contributed by atoms with van der Waals surface area (Å²) in [5.41, 5.74) is 0. The van der Waals surface area contributed by atoms with E-state index in [4.69, 9.17) is 9.84 Å². The predicted octanol–water partition coefficient (Wildman–Crippen LogP) is 1.54. The Balaban J connectivity index is 3.71. The smallest absolute Gasteiger partial charge is 0.407 e. The van der Waals surface area contributed by atoms with E-state index in [2.05, 4.69) is 11.9 Å². The first kappa shape index (κ1) is 13.5. The molecule has 5 nitrogen and oxygen atoms in total. The fourth-order valence-corrected chi connectivity index (χ4v) is 0.915. The lowest BCUT2D eigenvalue weighted by Crippen LogP contribution is -2.40. The zero-order chi connectivity index (χ0) is 11.7. The van der Waals surface area contributed by atoms with Gasteiger partial charge in [-0.25, -0.2) is 9.59 Å². The van der Waals surface area contributed by atoms with Gasteiger partial charge in [0.2, 0.25) is 0 Å². The van der Waals surface area contributed by atoms with Crippen LogP contribution in [0.1, 0.15) is 26.2 Å². The quantitative estimate of drug-likeness (QED) is 0.499. The largest absolute Gasteiger partial charge is 0.480 e. The molecule has 0 spiro atoms. The maximum absolute atomic E-state index is 11.1. The van der Waals surface area contributed by atoms with E-state index in [1.54, 1.807) is 13.0 Å². The number of alkyl carbamates (subject to hydrolysis) is 1. The van der Waals surface area contributed by atoms with Gasteiger partial charge in [-0.2, -0.15) is 0 Å². The third-order valence-corrected chi connectivity index (χ3v) is 1.78. The minimum Gasteiger partial charge on any atom is -0.480 e. The van der Waals surface area contributed by atoms with Crippen LogP contribution in [0.25, 0.3) is 0 Å². The van der Waals surface area contributed by atoms with Crippen LogP contribution >= 0.6 is 0 Å². The highest BCUT2D eigenvalue weighted by atomic mass is 16.5. The summed E-state index contributed by atoms with van der Waals surface area (Å²) in [6.07, 6.45) is 2.84. The maximum Gasteiger partial charge on any atom is 0.407 e. The number of carboxylic acids is 1. The molecule has 15 heavy (non-hydrogen) atoms. The molecule has 0 aliphatic rings. The molecule has 0 aliphatic heterocycles. The van der Waals surface area contributed by atoms with Crippen LogP contribution < -0.4 is 5.32 Å². The van der Waals surface area contributed by atoms with Gasteiger partial charge in [-0.3, -0.25) is 0 Å². The van der Waals surface area contributed by atoms with Gasteiger partial charge in [-0.05, 0) is 19.3 Å². The van der Waals surface area contributed by atoms with Gasteiger partial charge in [0.25, 0.3) is 0 Å². The first-order valence-electron chi connectivity index (χ1n) is 4.88. The molecule has 0 heterocycles. The normalized spacial score (nSPS) is 11.5. The van der Waals surface area contributed by atoms with Crippen molar-refractivity contribution in [3.8, 4) is 0 Å². The van der Waals surface area contributed by atoms with Crippen molar-refractivity contribution in [3.05, 3.63) is 12.7 Å². The highest BCUT2D eigenvalue weighted by molar-refractivity contribution is 5.79. The molecule has 1 amide bonds. The topological polar surface area (TPSA) is 75.6 Å². The molecule has 0 radical (unpaired) electrons. The number of rotatable bonds is 7. The molecule has 1 unspecified atom stereocenters. The minimum atomic E-state index is -1.06. The second kappa shape index (κ2) is 7.84. The van der Waals surface area contributed by atoms with Crippen molar-refractivity contribution in [2.45, 2.75) is 32.2 Å². The number of unbranched alkanes of at least 4 members (excludes halogenated alkanes) is 1. The van der Waals surface area contributed by atoms with Crippen molar-refractivity contribution in [3.63, 3.8) is 0 Å². The first-order chi connectivity index (χ1) is 7.11. The molecular weight excluding hydrogens is 198 g/mol. The fraction of sp³-hybridized carbons (Fsp3) is 0.600. The molecule has 2 N–H and O–H groups in total. The van der Waals surface area contributed by atoms with E-state index in [0.717, 1.165) is 6.42 Å². The number of aliphatic carboxylic acids is 1. The number of amides is 1. The number of carboxylic acid groups (broad SMARTS) is 1. The molecule has 0 aromatic rings. The number of hydrogen-bond acceptors (Lipinski definition) is 3. The Kier molecular flexibility index (Phi) is 7.05. The fourth-order valence-electron chi connectivity index (χ4n) is 0.915. The first-order valence-corrected chi connectivity index (χ1v) is 4.88. The Morgan fingerprint density at radius 2 is 2.27 bits per heavy atom. The predicted molar refractivity (Wildman–Crippen MR) is 55.6 cm³/mol. The van der Waals surface area contributed by atoms with Gasteiger partial charge in [0.05, 0.1) is 6.61 Å². The van der Waals surface area contributed by atoms with Gasteiger partial charge in [0.15, 0.2) is 0 Å². The summed E-state index contributed by atoms with van der Waals surface area (Å²) in [5.74, 6) is -1.06. The highest BCUT2D eigenvalue weighted by Gasteiger charge is 2.17. The third kappa shape index (κ3) is 6.54. The molecule has 0 aromatic heterocycles.